The Balaban J connectivity index is 2.32. The van der Waals surface area contributed by atoms with E-state index in [0.717, 1.165) is 12.1 Å². The molecule has 20 heavy (non-hydrogen) atoms. The van der Waals surface area contributed by atoms with E-state index in [0.29, 0.717) is 12.0 Å². The normalized spacial score (nSPS) is 12.2. The van der Waals surface area contributed by atoms with Crippen molar-refractivity contribution in [1.29, 1.82) is 0 Å². The van der Waals surface area contributed by atoms with E-state index in [9.17, 15) is 13.2 Å². The molecule has 0 aromatic heterocycles. The maximum atomic E-state index is 13.8. The fourth-order valence-corrected chi connectivity index (χ4v) is 2.10. The molecule has 0 amide bonds. The molecule has 0 fully saturated rings. The number of hydrogen-bond acceptors (Lipinski definition) is 1. The molecule has 0 saturated carbocycles. The molecule has 1 nitrogen and oxygen atoms in total. The zero-order valence-corrected chi connectivity index (χ0v) is 11.4. The molecule has 0 spiro atoms. The van der Waals surface area contributed by atoms with Crippen LogP contribution in [0.1, 0.15) is 30.5 Å². The first-order chi connectivity index (χ1) is 9.52. The molecule has 0 heterocycles. The maximum absolute atomic E-state index is 13.8. The van der Waals surface area contributed by atoms with Crippen LogP contribution < -0.4 is 5.32 Å². The predicted octanol–water partition coefficient (Wildman–Crippen LogP) is 4.98. The Labute approximate surface area is 116 Å². The number of aryl methyl sites for hydroxylation is 1. The van der Waals surface area contributed by atoms with E-state index in [1.165, 1.54) is 13.0 Å². The summed E-state index contributed by atoms with van der Waals surface area (Å²) in [6, 6.07) is 8.13. The molecule has 2 aromatic carbocycles. The van der Waals surface area contributed by atoms with Gasteiger partial charge in [-0.25, -0.2) is 13.2 Å². The minimum absolute atomic E-state index is 0.0446. The van der Waals surface area contributed by atoms with Crippen LogP contribution in [-0.2, 0) is 0 Å². The third-order valence-corrected chi connectivity index (χ3v) is 3.27. The van der Waals surface area contributed by atoms with Crippen molar-refractivity contribution in [3.8, 4) is 0 Å². The molecule has 0 bridgehead atoms. The highest BCUT2D eigenvalue weighted by Crippen LogP contribution is 2.27. The molecular weight excluding hydrogens is 263 g/mol. The molecule has 0 aliphatic heterocycles. The second-order valence-electron chi connectivity index (χ2n) is 4.71. The Morgan fingerprint density at radius 3 is 2.35 bits per heavy atom. The summed E-state index contributed by atoms with van der Waals surface area (Å²) in [5.74, 6) is -1.39. The number of halogens is 3. The van der Waals surface area contributed by atoms with Gasteiger partial charge in [-0.05, 0) is 31.0 Å². The van der Waals surface area contributed by atoms with Crippen LogP contribution in [0.3, 0.4) is 0 Å². The molecule has 0 radical (unpaired) electrons. The van der Waals surface area contributed by atoms with E-state index in [1.54, 1.807) is 18.2 Å². The first-order valence-corrected chi connectivity index (χ1v) is 6.49. The van der Waals surface area contributed by atoms with Crippen LogP contribution in [-0.4, -0.2) is 0 Å². The smallest absolute Gasteiger partial charge is 0.146 e. The van der Waals surface area contributed by atoms with Gasteiger partial charge in [-0.15, -0.1) is 0 Å². The van der Waals surface area contributed by atoms with Crippen molar-refractivity contribution in [1.82, 2.24) is 0 Å². The third kappa shape index (κ3) is 2.95. The largest absolute Gasteiger partial charge is 0.376 e. The standard InChI is InChI=1S/C16H16F3N/c1-3-15(11-6-4-5-7-12(11)17)20-16-9-13(18)10(2)8-14(16)19/h4-9,15,20H,3H2,1-2H3. The lowest BCUT2D eigenvalue weighted by atomic mass is 10.0. The average molecular weight is 279 g/mol. The van der Waals surface area contributed by atoms with Gasteiger partial charge in [0, 0.05) is 11.6 Å². The van der Waals surface area contributed by atoms with Gasteiger partial charge in [0.1, 0.15) is 17.5 Å². The minimum Gasteiger partial charge on any atom is -0.376 e. The Morgan fingerprint density at radius 1 is 1.00 bits per heavy atom. The Morgan fingerprint density at radius 2 is 1.70 bits per heavy atom. The minimum atomic E-state index is -0.543. The molecule has 2 aromatic rings. The van der Waals surface area contributed by atoms with Crippen molar-refractivity contribution in [2.75, 3.05) is 5.32 Å². The zero-order chi connectivity index (χ0) is 14.7. The van der Waals surface area contributed by atoms with E-state index in [1.807, 2.05) is 6.92 Å². The van der Waals surface area contributed by atoms with Crippen LogP contribution in [0.2, 0.25) is 0 Å². The van der Waals surface area contributed by atoms with Crippen LogP contribution in [0.5, 0.6) is 0 Å². The number of benzene rings is 2. The predicted molar refractivity (Wildman–Crippen MR) is 74.1 cm³/mol. The number of nitrogens with one attached hydrogen (secondary N) is 1. The highest BCUT2D eigenvalue weighted by atomic mass is 19.1. The Kier molecular flexibility index (Phi) is 4.32. The number of rotatable bonds is 4. The first-order valence-electron chi connectivity index (χ1n) is 6.49. The summed E-state index contributed by atoms with van der Waals surface area (Å²) in [5, 5.41) is 2.87. The van der Waals surface area contributed by atoms with Crippen LogP contribution in [0.4, 0.5) is 18.9 Å². The van der Waals surface area contributed by atoms with Gasteiger partial charge in [-0.3, -0.25) is 0 Å². The lowest BCUT2D eigenvalue weighted by Gasteiger charge is -2.20. The monoisotopic (exact) mass is 279 g/mol. The molecule has 0 aliphatic rings. The quantitative estimate of drug-likeness (QED) is 0.832. The van der Waals surface area contributed by atoms with Crippen LogP contribution in [0, 0.1) is 24.4 Å². The van der Waals surface area contributed by atoms with Crippen molar-refractivity contribution in [2.24, 2.45) is 0 Å². The SMILES string of the molecule is CCC(Nc1cc(F)c(C)cc1F)c1ccccc1F. The van der Waals surface area contributed by atoms with E-state index < -0.39 is 17.7 Å². The molecule has 106 valence electrons. The van der Waals surface area contributed by atoms with Gasteiger partial charge in [0.15, 0.2) is 0 Å². The van der Waals surface area contributed by atoms with Crippen LogP contribution >= 0.6 is 0 Å². The van der Waals surface area contributed by atoms with Gasteiger partial charge in [0.05, 0.1) is 11.7 Å². The lowest BCUT2D eigenvalue weighted by Crippen LogP contribution is -2.13. The first kappa shape index (κ1) is 14.4. The summed E-state index contributed by atoms with van der Waals surface area (Å²) in [4.78, 5) is 0. The van der Waals surface area contributed by atoms with E-state index in [4.69, 9.17) is 0 Å². The van der Waals surface area contributed by atoms with Gasteiger partial charge < -0.3 is 5.32 Å². The highest BCUT2D eigenvalue weighted by molar-refractivity contribution is 5.49. The lowest BCUT2D eigenvalue weighted by molar-refractivity contribution is 0.576. The van der Waals surface area contributed by atoms with Crippen molar-refractivity contribution in [3.63, 3.8) is 0 Å². The highest BCUT2D eigenvalue weighted by Gasteiger charge is 2.16. The second kappa shape index (κ2) is 5.99. The van der Waals surface area contributed by atoms with Crippen LogP contribution in [0.25, 0.3) is 0 Å². The van der Waals surface area contributed by atoms with Gasteiger partial charge in [-0.2, -0.15) is 0 Å². The molecule has 4 heteroatoms. The fraction of sp³-hybridized carbons (Fsp3) is 0.250. The van der Waals surface area contributed by atoms with Gasteiger partial charge in [-0.1, -0.05) is 25.1 Å². The average Bonchev–Trinajstić information content (AvgIpc) is 2.42. The summed E-state index contributed by atoms with van der Waals surface area (Å²) in [6.07, 6.45) is 0.551. The second-order valence-corrected chi connectivity index (χ2v) is 4.71. The van der Waals surface area contributed by atoms with E-state index in [2.05, 4.69) is 5.32 Å². The summed E-state index contributed by atoms with van der Waals surface area (Å²) in [6.45, 7) is 3.35. The van der Waals surface area contributed by atoms with Crippen LogP contribution in [0.15, 0.2) is 36.4 Å². The Bertz CT molecular complexity index is 611. The topological polar surface area (TPSA) is 12.0 Å². The van der Waals surface area contributed by atoms with Crippen molar-refractivity contribution in [2.45, 2.75) is 26.3 Å². The third-order valence-electron chi connectivity index (χ3n) is 3.27. The maximum Gasteiger partial charge on any atom is 0.146 e. The zero-order valence-electron chi connectivity index (χ0n) is 11.4. The van der Waals surface area contributed by atoms with E-state index in [-0.39, 0.29) is 17.1 Å². The van der Waals surface area contributed by atoms with Gasteiger partial charge in [0.25, 0.3) is 0 Å². The Hall–Kier alpha value is -1.97. The molecule has 0 saturated heterocycles. The fourth-order valence-electron chi connectivity index (χ4n) is 2.10. The van der Waals surface area contributed by atoms with Crippen molar-refractivity contribution < 1.29 is 13.2 Å². The van der Waals surface area contributed by atoms with Gasteiger partial charge in [0.2, 0.25) is 0 Å². The molecule has 1 N–H and O–H groups in total. The summed E-state index contributed by atoms with van der Waals surface area (Å²) >= 11 is 0. The summed E-state index contributed by atoms with van der Waals surface area (Å²) < 4.78 is 41.1. The molecule has 0 aliphatic carbocycles. The number of anilines is 1. The molecule has 1 atom stereocenters. The van der Waals surface area contributed by atoms with E-state index >= 15 is 0 Å². The molecular formula is C16H16F3N. The number of hydrogen-bond donors (Lipinski definition) is 1. The molecule has 2 rings (SSSR count). The van der Waals surface area contributed by atoms with Crippen molar-refractivity contribution in [3.05, 3.63) is 65.0 Å². The van der Waals surface area contributed by atoms with Crippen molar-refractivity contribution >= 4 is 5.69 Å². The molecule has 1 unspecified atom stereocenters. The summed E-state index contributed by atoms with van der Waals surface area (Å²) in [5.41, 5.74) is 0.727. The van der Waals surface area contributed by atoms with Gasteiger partial charge >= 0.3 is 0 Å². The summed E-state index contributed by atoms with van der Waals surface area (Å²) in [7, 11) is 0.